The van der Waals surface area contributed by atoms with Gasteiger partial charge < -0.3 is 0 Å². The van der Waals surface area contributed by atoms with Crippen molar-refractivity contribution < 1.29 is 0 Å². The molecule has 0 atom stereocenters. The number of alkyl halides is 1. The molecule has 0 bridgehead atoms. The minimum absolute atomic E-state index is 1.11. The molecule has 0 amide bonds. The van der Waals surface area contributed by atoms with E-state index in [0.29, 0.717) is 0 Å². The molecule has 2 heteroatoms. The SMILES string of the molecule is BrCCCCCCCCC=CC[PH](c1ccccc1)(c1ccccc1)c1ccccc1. The van der Waals surface area contributed by atoms with Crippen molar-refractivity contribution in [3.63, 3.8) is 0 Å². The van der Waals surface area contributed by atoms with Gasteiger partial charge in [-0.05, 0) is 0 Å². The summed E-state index contributed by atoms with van der Waals surface area (Å²) in [5.74, 6) is 0. The quantitative estimate of drug-likeness (QED) is 0.100. The molecule has 0 saturated heterocycles. The monoisotopic (exact) mass is 494 g/mol. The molecule has 0 nitrogen and oxygen atoms in total. The molecule has 3 aromatic rings. The Labute approximate surface area is 198 Å². The van der Waals surface area contributed by atoms with Crippen molar-refractivity contribution in [1.29, 1.82) is 0 Å². The van der Waals surface area contributed by atoms with Gasteiger partial charge >= 0.3 is 199 Å². The Bertz CT molecular complexity index is 778. The molecule has 164 valence electrons. The second-order valence-electron chi connectivity index (χ2n) is 8.28. The molecule has 0 aliphatic rings. The van der Waals surface area contributed by atoms with Crippen LogP contribution in [0.25, 0.3) is 0 Å². The summed E-state index contributed by atoms with van der Waals surface area (Å²) in [7, 11) is -2.11. The van der Waals surface area contributed by atoms with E-state index in [1.54, 1.807) is 0 Å². The molecule has 0 aliphatic heterocycles. The maximum absolute atomic E-state index is 3.52. The first kappa shape index (κ1) is 24.0. The summed E-state index contributed by atoms with van der Waals surface area (Å²) in [6, 6.07) is 33.6. The average Bonchev–Trinajstić information content (AvgIpc) is 2.84. The molecular formula is C29H36BrP. The fourth-order valence-corrected chi connectivity index (χ4v) is 9.37. The molecule has 0 N–H and O–H groups in total. The number of hydrogen-bond donors (Lipinski definition) is 0. The van der Waals surface area contributed by atoms with Crippen molar-refractivity contribution in [2.45, 2.75) is 44.9 Å². The van der Waals surface area contributed by atoms with E-state index in [-0.39, 0.29) is 0 Å². The van der Waals surface area contributed by atoms with Crippen LogP contribution in [0.2, 0.25) is 0 Å². The number of halogens is 1. The fraction of sp³-hybridized carbons (Fsp3) is 0.310. The molecule has 3 aromatic carbocycles. The van der Waals surface area contributed by atoms with Gasteiger partial charge in [0.05, 0.1) is 0 Å². The second kappa shape index (κ2) is 13.7. The van der Waals surface area contributed by atoms with E-state index < -0.39 is 7.26 Å². The Hall–Kier alpha value is -1.69. The van der Waals surface area contributed by atoms with Crippen molar-refractivity contribution in [3.8, 4) is 0 Å². The standard InChI is InChI=1S/C29H36BrP/c30-25-17-6-4-2-1-3-5-7-18-26-31(27-19-11-8-12-20-27,28-21-13-9-14-22-28)29-23-15-10-16-24-29/h7-16,18-24,31H,1-6,17,25-26H2. The van der Waals surface area contributed by atoms with Gasteiger partial charge in [-0.25, -0.2) is 0 Å². The van der Waals surface area contributed by atoms with Gasteiger partial charge in [0, 0.05) is 0 Å². The van der Waals surface area contributed by atoms with Crippen LogP contribution in [-0.2, 0) is 0 Å². The third-order valence-electron chi connectivity index (χ3n) is 6.14. The van der Waals surface area contributed by atoms with Crippen molar-refractivity contribution in [2.75, 3.05) is 11.5 Å². The number of unbranched alkanes of at least 4 members (excludes halogenated alkanes) is 6. The van der Waals surface area contributed by atoms with Gasteiger partial charge in [0.15, 0.2) is 0 Å². The number of allylic oxidation sites excluding steroid dienone is 2. The van der Waals surface area contributed by atoms with E-state index >= 15 is 0 Å². The first-order valence-corrected chi connectivity index (χ1v) is 15.1. The number of benzene rings is 3. The normalized spacial score (nSPS) is 12.3. The zero-order valence-corrected chi connectivity index (χ0v) is 21.1. The first-order valence-electron chi connectivity index (χ1n) is 11.8. The molecule has 0 aliphatic carbocycles. The van der Waals surface area contributed by atoms with Crippen LogP contribution in [0.15, 0.2) is 103 Å². The van der Waals surface area contributed by atoms with Crippen LogP contribution < -0.4 is 15.9 Å². The van der Waals surface area contributed by atoms with Gasteiger partial charge in [-0.15, -0.1) is 0 Å². The topological polar surface area (TPSA) is 0 Å². The Balaban J connectivity index is 1.77. The third kappa shape index (κ3) is 6.90. The van der Waals surface area contributed by atoms with E-state index in [4.69, 9.17) is 0 Å². The van der Waals surface area contributed by atoms with Crippen LogP contribution >= 0.6 is 23.2 Å². The summed E-state index contributed by atoms with van der Waals surface area (Å²) in [5.41, 5.74) is 0. The van der Waals surface area contributed by atoms with Crippen molar-refractivity contribution in [1.82, 2.24) is 0 Å². The zero-order chi connectivity index (χ0) is 21.6. The molecule has 0 saturated carbocycles. The number of hydrogen-bond acceptors (Lipinski definition) is 0. The molecule has 31 heavy (non-hydrogen) atoms. The number of rotatable bonds is 13. The summed E-state index contributed by atoms with van der Waals surface area (Å²) >= 11 is 3.52. The molecule has 3 rings (SSSR count). The third-order valence-corrected chi connectivity index (χ3v) is 11.5. The van der Waals surface area contributed by atoms with Gasteiger partial charge in [0.25, 0.3) is 0 Å². The minimum atomic E-state index is -2.11. The maximum atomic E-state index is 3.52. The van der Waals surface area contributed by atoms with E-state index in [1.807, 2.05) is 0 Å². The Morgan fingerprint density at radius 1 is 0.516 bits per heavy atom. The predicted molar refractivity (Wildman–Crippen MR) is 147 cm³/mol. The van der Waals surface area contributed by atoms with Crippen LogP contribution in [0.5, 0.6) is 0 Å². The van der Waals surface area contributed by atoms with Crippen LogP contribution in [0.3, 0.4) is 0 Å². The van der Waals surface area contributed by atoms with Crippen LogP contribution in [0, 0.1) is 0 Å². The van der Waals surface area contributed by atoms with Crippen molar-refractivity contribution in [3.05, 3.63) is 103 Å². The Kier molecular flexibility index (Phi) is 10.6. The Morgan fingerprint density at radius 3 is 1.39 bits per heavy atom. The van der Waals surface area contributed by atoms with Crippen LogP contribution in [0.4, 0.5) is 0 Å². The summed E-state index contributed by atoms with van der Waals surface area (Å²) < 4.78 is 0. The zero-order valence-electron chi connectivity index (χ0n) is 18.6. The first-order chi connectivity index (χ1) is 15.4. The molecule has 0 fully saturated rings. The molecular weight excluding hydrogens is 459 g/mol. The predicted octanol–water partition coefficient (Wildman–Crippen LogP) is 7.39. The summed E-state index contributed by atoms with van der Waals surface area (Å²) in [5, 5.41) is 5.61. The van der Waals surface area contributed by atoms with E-state index in [9.17, 15) is 0 Å². The van der Waals surface area contributed by atoms with Gasteiger partial charge in [-0.3, -0.25) is 0 Å². The summed E-state index contributed by atoms with van der Waals surface area (Å²) in [6.45, 7) is 0. The summed E-state index contributed by atoms with van der Waals surface area (Å²) in [4.78, 5) is 0. The second-order valence-corrected chi connectivity index (χ2v) is 13.0. The van der Waals surface area contributed by atoms with E-state index in [1.165, 1.54) is 60.9 Å². The van der Waals surface area contributed by atoms with E-state index in [2.05, 4.69) is 119 Å². The van der Waals surface area contributed by atoms with Crippen LogP contribution in [0.1, 0.15) is 44.9 Å². The van der Waals surface area contributed by atoms with Gasteiger partial charge in [-0.1, -0.05) is 0 Å². The summed E-state index contributed by atoms with van der Waals surface area (Å²) in [6.07, 6.45) is 15.3. The molecule has 0 aromatic heterocycles. The van der Waals surface area contributed by atoms with Crippen LogP contribution in [-0.4, -0.2) is 11.5 Å². The van der Waals surface area contributed by atoms with Gasteiger partial charge in [0.1, 0.15) is 0 Å². The van der Waals surface area contributed by atoms with E-state index in [0.717, 1.165) is 11.5 Å². The van der Waals surface area contributed by atoms with Gasteiger partial charge in [-0.2, -0.15) is 0 Å². The molecule has 0 spiro atoms. The Morgan fingerprint density at radius 2 is 0.935 bits per heavy atom. The average molecular weight is 495 g/mol. The van der Waals surface area contributed by atoms with Crippen molar-refractivity contribution >= 4 is 39.1 Å². The molecule has 0 unspecified atom stereocenters. The van der Waals surface area contributed by atoms with Gasteiger partial charge in [0.2, 0.25) is 0 Å². The fourth-order valence-electron chi connectivity index (χ4n) is 4.46. The molecule has 0 radical (unpaired) electrons. The van der Waals surface area contributed by atoms with Crippen molar-refractivity contribution in [2.24, 2.45) is 0 Å². The molecule has 0 heterocycles.